The van der Waals surface area contributed by atoms with E-state index < -0.39 is 0 Å². The van der Waals surface area contributed by atoms with Crippen LogP contribution < -0.4 is 4.80 Å². The Morgan fingerprint density at radius 3 is 2.59 bits per heavy atom. The van der Waals surface area contributed by atoms with Gasteiger partial charge in [0.2, 0.25) is 4.80 Å². The molecule has 1 aliphatic rings. The predicted molar refractivity (Wildman–Crippen MR) is 84.8 cm³/mol. The van der Waals surface area contributed by atoms with E-state index in [1.54, 1.807) is 12.1 Å². The Morgan fingerprint density at radius 1 is 1.05 bits per heavy atom. The molecule has 2 aromatic carbocycles. The Balaban J connectivity index is 1.73. The number of benzene rings is 2. The van der Waals surface area contributed by atoms with Crippen molar-refractivity contribution < 1.29 is 4.79 Å². The van der Waals surface area contributed by atoms with E-state index >= 15 is 0 Å². The van der Waals surface area contributed by atoms with Crippen molar-refractivity contribution in [2.24, 2.45) is 4.99 Å². The number of aromatic nitrogens is 2. The lowest BCUT2D eigenvalue weighted by Crippen LogP contribution is -2.24. The van der Waals surface area contributed by atoms with Crippen molar-refractivity contribution in [1.29, 1.82) is 0 Å². The van der Waals surface area contributed by atoms with Gasteiger partial charge in [-0.25, -0.2) is 0 Å². The van der Waals surface area contributed by atoms with Crippen LogP contribution in [0.3, 0.4) is 0 Å². The number of carbonyl (C=O) groups is 1. The van der Waals surface area contributed by atoms with Gasteiger partial charge in [0.05, 0.1) is 6.54 Å². The Bertz CT molecular complexity index is 909. The van der Waals surface area contributed by atoms with E-state index in [1.165, 1.54) is 22.7 Å². The monoisotopic (exact) mass is 307 g/mol. The minimum absolute atomic E-state index is 0.224. The van der Waals surface area contributed by atoms with Crippen molar-refractivity contribution in [3.05, 3.63) is 81.9 Å². The minimum atomic E-state index is -0.224. The van der Waals surface area contributed by atoms with Crippen molar-refractivity contribution in [2.45, 2.75) is 13.0 Å². The number of nitrogens with zero attached hydrogens (tertiary/aromatic N) is 3. The van der Waals surface area contributed by atoms with E-state index in [9.17, 15) is 4.79 Å². The number of hydrogen-bond donors (Lipinski definition) is 0. The zero-order valence-corrected chi connectivity index (χ0v) is 12.6. The zero-order chi connectivity index (χ0) is 14.9. The Morgan fingerprint density at radius 2 is 1.77 bits per heavy atom. The lowest BCUT2D eigenvalue weighted by atomic mass is 10.0. The van der Waals surface area contributed by atoms with Crippen LogP contribution in [0.4, 0.5) is 0 Å². The fourth-order valence-corrected chi connectivity index (χ4v) is 3.37. The van der Waals surface area contributed by atoms with Crippen LogP contribution in [0.1, 0.15) is 27.3 Å². The summed E-state index contributed by atoms with van der Waals surface area (Å²) in [7, 11) is 0. The van der Waals surface area contributed by atoms with Gasteiger partial charge in [-0.2, -0.15) is 9.37 Å². The van der Waals surface area contributed by atoms with Gasteiger partial charge in [0.25, 0.3) is 5.91 Å². The molecule has 2 heterocycles. The molecule has 0 radical (unpaired) electrons. The number of hydrogen-bond acceptors (Lipinski definition) is 3. The maximum Gasteiger partial charge on any atom is 0.279 e. The van der Waals surface area contributed by atoms with Crippen LogP contribution in [0.5, 0.6) is 0 Å². The van der Waals surface area contributed by atoms with Crippen LogP contribution in [-0.4, -0.2) is 14.8 Å². The molecule has 0 fully saturated rings. The molecule has 22 heavy (non-hydrogen) atoms. The molecule has 1 aromatic heterocycles. The van der Waals surface area contributed by atoms with Crippen LogP contribution in [0.15, 0.2) is 59.6 Å². The van der Waals surface area contributed by atoms with E-state index in [-0.39, 0.29) is 5.91 Å². The first kappa shape index (κ1) is 13.2. The largest absolute Gasteiger partial charge is 0.299 e. The Labute approximate surface area is 131 Å². The molecule has 0 bridgehead atoms. The van der Waals surface area contributed by atoms with Crippen LogP contribution in [0.2, 0.25) is 0 Å². The molecular weight excluding hydrogens is 294 g/mol. The summed E-state index contributed by atoms with van der Waals surface area (Å²) >= 11 is 1.28. The summed E-state index contributed by atoms with van der Waals surface area (Å²) in [5.41, 5.74) is 3.17. The average molecular weight is 307 g/mol. The highest BCUT2D eigenvalue weighted by Crippen LogP contribution is 2.20. The van der Waals surface area contributed by atoms with E-state index in [1.807, 2.05) is 34.9 Å². The average Bonchev–Trinajstić information content (AvgIpc) is 2.95. The summed E-state index contributed by atoms with van der Waals surface area (Å²) in [5, 5.41) is 0. The molecule has 0 saturated heterocycles. The normalized spacial score (nSPS) is 13.5. The second-order valence-electron chi connectivity index (χ2n) is 5.20. The summed E-state index contributed by atoms with van der Waals surface area (Å²) < 4.78 is 6.50. The van der Waals surface area contributed by atoms with Crippen molar-refractivity contribution in [1.82, 2.24) is 8.94 Å². The third kappa shape index (κ3) is 2.29. The number of rotatable bonds is 1. The lowest BCUT2D eigenvalue weighted by Gasteiger charge is -2.17. The van der Waals surface area contributed by atoms with Gasteiger partial charge in [-0.3, -0.25) is 9.36 Å². The SMILES string of the molecule is O=C(N=c1snc2n1Cc1ccccc1C2)c1ccccc1. The lowest BCUT2D eigenvalue weighted by molar-refractivity contribution is 0.0997. The minimum Gasteiger partial charge on any atom is -0.299 e. The first-order chi connectivity index (χ1) is 10.8. The predicted octanol–water partition coefficient (Wildman–Crippen LogP) is 2.64. The second kappa shape index (κ2) is 5.35. The summed E-state index contributed by atoms with van der Waals surface area (Å²) in [6.45, 7) is 0.725. The van der Waals surface area contributed by atoms with Crippen LogP contribution >= 0.6 is 11.5 Å². The molecule has 0 spiro atoms. The molecular formula is C17H13N3OS. The third-order valence-corrected chi connectivity index (χ3v) is 4.57. The molecule has 108 valence electrons. The smallest absolute Gasteiger partial charge is 0.279 e. The van der Waals surface area contributed by atoms with Gasteiger partial charge in [-0.15, -0.1) is 0 Å². The Hall–Kier alpha value is -2.53. The van der Waals surface area contributed by atoms with E-state index in [4.69, 9.17) is 0 Å². The van der Waals surface area contributed by atoms with Crippen molar-refractivity contribution >= 4 is 17.4 Å². The second-order valence-corrected chi connectivity index (χ2v) is 5.93. The molecule has 1 aliphatic heterocycles. The van der Waals surface area contributed by atoms with Crippen LogP contribution in [-0.2, 0) is 13.0 Å². The van der Waals surface area contributed by atoms with Gasteiger partial charge in [0, 0.05) is 23.5 Å². The maximum absolute atomic E-state index is 12.2. The first-order valence-corrected chi connectivity index (χ1v) is 7.85. The highest BCUT2D eigenvalue weighted by molar-refractivity contribution is 7.02. The number of fused-ring (bicyclic) bond motifs is 2. The van der Waals surface area contributed by atoms with Gasteiger partial charge >= 0.3 is 0 Å². The fourth-order valence-electron chi connectivity index (χ4n) is 2.63. The summed E-state index contributed by atoms with van der Waals surface area (Å²) in [5.74, 6) is 0.752. The topological polar surface area (TPSA) is 47.2 Å². The first-order valence-electron chi connectivity index (χ1n) is 7.07. The standard InChI is InChI=1S/C17H13N3OS/c21-16(12-6-2-1-3-7-12)18-17-20-11-14-9-5-4-8-13(14)10-15(20)19-22-17/h1-9H,10-11H2. The molecule has 0 unspecified atom stereocenters. The van der Waals surface area contributed by atoms with Gasteiger partial charge in [-0.1, -0.05) is 42.5 Å². The fraction of sp³-hybridized carbons (Fsp3) is 0.118. The molecule has 4 nitrogen and oxygen atoms in total. The van der Waals surface area contributed by atoms with Crippen molar-refractivity contribution in [3.63, 3.8) is 0 Å². The van der Waals surface area contributed by atoms with Crippen molar-refractivity contribution in [3.8, 4) is 0 Å². The molecule has 0 atom stereocenters. The number of amides is 1. The van der Waals surface area contributed by atoms with E-state index in [2.05, 4.69) is 21.5 Å². The van der Waals surface area contributed by atoms with Gasteiger partial charge in [0.1, 0.15) is 5.82 Å². The molecule has 4 rings (SSSR count). The van der Waals surface area contributed by atoms with Gasteiger partial charge in [-0.05, 0) is 23.3 Å². The summed E-state index contributed by atoms with van der Waals surface area (Å²) in [6, 6.07) is 17.5. The Kier molecular flexibility index (Phi) is 3.20. The highest BCUT2D eigenvalue weighted by Gasteiger charge is 2.17. The molecule has 1 amide bonds. The van der Waals surface area contributed by atoms with E-state index in [0.717, 1.165) is 18.8 Å². The van der Waals surface area contributed by atoms with Gasteiger partial charge in [0.15, 0.2) is 0 Å². The van der Waals surface area contributed by atoms with Gasteiger partial charge < -0.3 is 0 Å². The zero-order valence-electron chi connectivity index (χ0n) is 11.8. The molecule has 0 saturated carbocycles. The summed E-state index contributed by atoms with van der Waals surface area (Å²) in [6.07, 6.45) is 0.793. The summed E-state index contributed by atoms with van der Waals surface area (Å²) in [4.78, 5) is 17.2. The number of carbonyl (C=O) groups excluding carboxylic acids is 1. The molecule has 0 N–H and O–H groups in total. The maximum atomic E-state index is 12.2. The quantitative estimate of drug-likeness (QED) is 0.543. The molecule has 5 heteroatoms. The highest BCUT2D eigenvalue weighted by atomic mass is 32.1. The van der Waals surface area contributed by atoms with Crippen LogP contribution in [0.25, 0.3) is 0 Å². The van der Waals surface area contributed by atoms with Crippen molar-refractivity contribution in [2.75, 3.05) is 0 Å². The molecule has 3 aromatic rings. The molecule has 0 aliphatic carbocycles. The third-order valence-electron chi connectivity index (χ3n) is 3.79. The van der Waals surface area contributed by atoms with Crippen LogP contribution in [0, 0.1) is 0 Å². The van der Waals surface area contributed by atoms with E-state index in [0.29, 0.717) is 10.4 Å².